The Bertz CT molecular complexity index is 415. The van der Waals surface area contributed by atoms with Gasteiger partial charge in [-0.15, -0.1) is 11.3 Å². The SMILES string of the molecule is CC(CNCc1cc(C#N)cs1)CN1CCCCC1. The van der Waals surface area contributed by atoms with Crippen molar-refractivity contribution in [1.29, 1.82) is 5.26 Å². The lowest BCUT2D eigenvalue weighted by molar-refractivity contribution is 0.199. The molecule has 0 bridgehead atoms. The summed E-state index contributed by atoms with van der Waals surface area (Å²) in [5.74, 6) is 0.688. The van der Waals surface area contributed by atoms with Crippen LogP contribution in [0.4, 0.5) is 0 Å². The van der Waals surface area contributed by atoms with E-state index in [0.29, 0.717) is 5.92 Å². The Morgan fingerprint density at radius 3 is 2.89 bits per heavy atom. The first kappa shape index (κ1) is 14.5. The molecule has 0 spiro atoms. The number of likely N-dealkylation sites (tertiary alicyclic amines) is 1. The predicted molar refractivity (Wildman–Crippen MR) is 80.2 cm³/mol. The first-order valence-corrected chi connectivity index (χ1v) is 8.06. The van der Waals surface area contributed by atoms with Crippen LogP contribution in [0.5, 0.6) is 0 Å². The van der Waals surface area contributed by atoms with Crippen LogP contribution in [-0.4, -0.2) is 31.1 Å². The van der Waals surface area contributed by atoms with E-state index < -0.39 is 0 Å². The Kier molecular flexibility index (Phi) is 5.84. The lowest BCUT2D eigenvalue weighted by Crippen LogP contribution is -2.36. The van der Waals surface area contributed by atoms with Gasteiger partial charge in [-0.05, 0) is 44.5 Å². The predicted octanol–water partition coefficient (Wildman–Crippen LogP) is 2.83. The van der Waals surface area contributed by atoms with E-state index in [0.717, 1.165) is 18.7 Å². The van der Waals surface area contributed by atoms with E-state index in [1.807, 2.05) is 11.4 Å². The van der Waals surface area contributed by atoms with Gasteiger partial charge in [0.05, 0.1) is 5.56 Å². The van der Waals surface area contributed by atoms with Crippen molar-refractivity contribution in [1.82, 2.24) is 10.2 Å². The van der Waals surface area contributed by atoms with Crippen molar-refractivity contribution >= 4 is 11.3 Å². The van der Waals surface area contributed by atoms with Crippen molar-refractivity contribution in [2.24, 2.45) is 5.92 Å². The van der Waals surface area contributed by atoms with Gasteiger partial charge in [0.2, 0.25) is 0 Å². The van der Waals surface area contributed by atoms with Gasteiger partial charge in [-0.3, -0.25) is 0 Å². The molecule has 1 aliphatic rings. The van der Waals surface area contributed by atoms with Crippen molar-refractivity contribution in [2.45, 2.75) is 32.7 Å². The lowest BCUT2D eigenvalue weighted by atomic mass is 10.1. The maximum atomic E-state index is 8.78. The van der Waals surface area contributed by atoms with Crippen LogP contribution >= 0.6 is 11.3 Å². The summed E-state index contributed by atoms with van der Waals surface area (Å²) in [4.78, 5) is 3.84. The highest BCUT2D eigenvalue weighted by atomic mass is 32.1. The van der Waals surface area contributed by atoms with Crippen molar-refractivity contribution in [3.05, 3.63) is 21.9 Å². The first-order chi connectivity index (χ1) is 9.28. The molecule has 1 aromatic rings. The number of nitrogens with zero attached hydrogens (tertiary/aromatic N) is 2. The van der Waals surface area contributed by atoms with E-state index in [9.17, 15) is 0 Å². The largest absolute Gasteiger partial charge is 0.312 e. The minimum atomic E-state index is 0.688. The van der Waals surface area contributed by atoms with Crippen LogP contribution in [0.15, 0.2) is 11.4 Å². The second-order valence-electron chi connectivity index (χ2n) is 5.51. The van der Waals surface area contributed by atoms with Crippen LogP contribution in [0.25, 0.3) is 0 Å². The molecule has 1 fully saturated rings. The number of hydrogen-bond donors (Lipinski definition) is 1. The summed E-state index contributed by atoms with van der Waals surface area (Å²) in [6.45, 7) is 8.02. The highest BCUT2D eigenvalue weighted by molar-refractivity contribution is 7.10. The average Bonchev–Trinajstić information content (AvgIpc) is 2.88. The fraction of sp³-hybridized carbons (Fsp3) is 0.667. The summed E-state index contributed by atoms with van der Waals surface area (Å²) < 4.78 is 0. The summed E-state index contributed by atoms with van der Waals surface area (Å²) >= 11 is 1.67. The van der Waals surface area contributed by atoms with Gasteiger partial charge < -0.3 is 10.2 Å². The number of hydrogen-bond acceptors (Lipinski definition) is 4. The molecule has 1 atom stereocenters. The molecule has 1 saturated heterocycles. The monoisotopic (exact) mass is 277 g/mol. The van der Waals surface area contributed by atoms with Gasteiger partial charge in [0.15, 0.2) is 0 Å². The second kappa shape index (κ2) is 7.64. The maximum Gasteiger partial charge on any atom is 0.100 e. The molecular weight excluding hydrogens is 254 g/mol. The number of thiophene rings is 1. The van der Waals surface area contributed by atoms with E-state index in [1.165, 1.54) is 43.8 Å². The van der Waals surface area contributed by atoms with Gasteiger partial charge in [-0.2, -0.15) is 5.26 Å². The summed E-state index contributed by atoms with van der Waals surface area (Å²) in [7, 11) is 0. The molecule has 2 heterocycles. The van der Waals surface area contributed by atoms with Crippen molar-refractivity contribution in [2.75, 3.05) is 26.2 Å². The van der Waals surface area contributed by atoms with Crippen LogP contribution in [0.3, 0.4) is 0 Å². The Balaban J connectivity index is 1.63. The smallest absolute Gasteiger partial charge is 0.100 e. The first-order valence-electron chi connectivity index (χ1n) is 7.18. The van der Waals surface area contributed by atoms with Gasteiger partial charge in [-0.1, -0.05) is 13.3 Å². The van der Waals surface area contributed by atoms with Gasteiger partial charge in [0.25, 0.3) is 0 Å². The zero-order chi connectivity index (χ0) is 13.5. The fourth-order valence-electron chi connectivity index (χ4n) is 2.62. The molecule has 3 nitrogen and oxygen atoms in total. The zero-order valence-electron chi connectivity index (χ0n) is 11.7. The van der Waals surface area contributed by atoms with Crippen LogP contribution in [0, 0.1) is 17.2 Å². The molecule has 104 valence electrons. The number of nitrogens with one attached hydrogen (secondary N) is 1. The topological polar surface area (TPSA) is 39.1 Å². The Hall–Kier alpha value is -0.890. The third-order valence-corrected chi connectivity index (χ3v) is 4.53. The highest BCUT2D eigenvalue weighted by Gasteiger charge is 2.13. The molecular formula is C15H23N3S. The van der Waals surface area contributed by atoms with Crippen LogP contribution in [0.2, 0.25) is 0 Å². The summed E-state index contributed by atoms with van der Waals surface area (Å²) in [6, 6.07) is 4.16. The van der Waals surface area contributed by atoms with Gasteiger partial charge in [0, 0.05) is 23.3 Å². The molecule has 19 heavy (non-hydrogen) atoms. The molecule has 0 aromatic carbocycles. The average molecular weight is 277 g/mol. The van der Waals surface area contributed by atoms with Gasteiger partial charge >= 0.3 is 0 Å². The third-order valence-electron chi connectivity index (χ3n) is 3.59. The normalized spacial score (nSPS) is 18.1. The van der Waals surface area contributed by atoms with Gasteiger partial charge in [0.1, 0.15) is 6.07 Å². The quantitative estimate of drug-likeness (QED) is 0.869. The van der Waals surface area contributed by atoms with E-state index in [-0.39, 0.29) is 0 Å². The minimum Gasteiger partial charge on any atom is -0.312 e. The minimum absolute atomic E-state index is 0.688. The number of rotatable bonds is 6. The molecule has 1 unspecified atom stereocenters. The number of piperidine rings is 1. The molecule has 1 aromatic heterocycles. The Morgan fingerprint density at radius 2 is 2.21 bits per heavy atom. The molecule has 0 aliphatic carbocycles. The fourth-order valence-corrected chi connectivity index (χ4v) is 3.40. The summed E-state index contributed by atoms with van der Waals surface area (Å²) in [5, 5.41) is 14.2. The Morgan fingerprint density at radius 1 is 1.42 bits per heavy atom. The van der Waals surface area contributed by atoms with Crippen molar-refractivity contribution < 1.29 is 0 Å². The lowest BCUT2D eigenvalue weighted by Gasteiger charge is -2.29. The highest BCUT2D eigenvalue weighted by Crippen LogP contribution is 2.14. The standard InChI is InChI=1S/C15H23N3S/c1-13(11-18-5-3-2-4-6-18)9-17-10-15-7-14(8-16)12-19-15/h7,12-13,17H,2-6,9-11H2,1H3. The van der Waals surface area contributed by atoms with Crippen LogP contribution in [0.1, 0.15) is 36.6 Å². The maximum absolute atomic E-state index is 8.78. The number of nitriles is 1. The molecule has 0 saturated carbocycles. The zero-order valence-corrected chi connectivity index (χ0v) is 12.5. The van der Waals surface area contributed by atoms with E-state index in [4.69, 9.17) is 5.26 Å². The van der Waals surface area contributed by atoms with E-state index >= 15 is 0 Å². The molecule has 0 amide bonds. The van der Waals surface area contributed by atoms with Crippen LogP contribution < -0.4 is 5.32 Å². The molecule has 1 aliphatic heterocycles. The molecule has 0 radical (unpaired) electrons. The summed E-state index contributed by atoms with van der Waals surface area (Å²) in [5.41, 5.74) is 0.781. The summed E-state index contributed by atoms with van der Waals surface area (Å²) in [6.07, 6.45) is 4.14. The third kappa shape index (κ3) is 4.94. The molecule has 4 heteroatoms. The van der Waals surface area contributed by atoms with E-state index in [2.05, 4.69) is 23.2 Å². The second-order valence-corrected chi connectivity index (χ2v) is 6.51. The van der Waals surface area contributed by atoms with Gasteiger partial charge in [-0.25, -0.2) is 0 Å². The van der Waals surface area contributed by atoms with Crippen molar-refractivity contribution in [3.63, 3.8) is 0 Å². The van der Waals surface area contributed by atoms with Crippen molar-refractivity contribution in [3.8, 4) is 6.07 Å². The Labute approximate surface area is 120 Å². The molecule has 1 N–H and O–H groups in total. The molecule has 2 rings (SSSR count). The van der Waals surface area contributed by atoms with E-state index in [1.54, 1.807) is 11.3 Å². The van der Waals surface area contributed by atoms with Crippen LogP contribution in [-0.2, 0) is 6.54 Å².